The summed E-state index contributed by atoms with van der Waals surface area (Å²) in [5, 5.41) is 3.54. The lowest BCUT2D eigenvalue weighted by molar-refractivity contribution is 0.0827. The van der Waals surface area contributed by atoms with Crippen LogP contribution in [0.3, 0.4) is 0 Å². The van der Waals surface area contributed by atoms with E-state index in [1.807, 2.05) is 6.92 Å². The Hall–Kier alpha value is -0.160. The third kappa shape index (κ3) is 6.70. The molecule has 1 unspecified atom stereocenters. The molecule has 0 bridgehead atoms. The summed E-state index contributed by atoms with van der Waals surface area (Å²) in [6.07, 6.45) is 1.11. The van der Waals surface area contributed by atoms with Crippen molar-refractivity contribution in [2.45, 2.75) is 46.2 Å². The van der Waals surface area contributed by atoms with Crippen molar-refractivity contribution in [1.29, 1.82) is 0 Å². The monoisotopic (exact) mass is 271 g/mol. The Morgan fingerprint density at radius 2 is 1.68 bits per heavy atom. The Morgan fingerprint density at radius 1 is 1.05 bits per heavy atom. The second-order valence-electron chi connectivity index (χ2n) is 5.77. The molecule has 0 radical (unpaired) electrons. The Kier molecular flexibility index (Phi) is 8.62. The molecule has 1 atom stereocenters. The lowest BCUT2D eigenvalue weighted by Gasteiger charge is -2.39. The molecule has 0 aliphatic carbocycles. The predicted molar refractivity (Wildman–Crippen MR) is 81.7 cm³/mol. The number of nitrogens with zero attached hydrogens (tertiary/aromatic N) is 2. The highest BCUT2D eigenvalue weighted by Gasteiger charge is 2.21. The average Bonchev–Trinajstić information content (AvgIpc) is 2.42. The van der Waals surface area contributed by atoms with Gasteiger partial charge in [-0.05, 0) is 40.7 Å². The molecule has 0 aromatic carbocycles. The maximum absolute atomic E-state index is 5.34. The van der Waals surface area contributed by atoms with Crippen molar-refractivity contribution < 1.29 is 4.74 Å². The molecule has 4 nitrogen and oxygen atoms in total. The minimum Gasteiger partial charge on any atom is -0.382 e. The van der Waals surface area contributed by atoms with Crippen LogP contribution < -0.4 is 5.32 Å². The normalized spacial score (nSPS) is 20.1. The standard InChI is InChI=1S/C15H33N3O/c1-5-19-12-6-7-16-13-15(4)18-10-8-17(9-11-18)14(2)3/h14-16H,5-13H2,1-4H3. The molecule has 1 rings (SSSR count). The van der Waals surface area contributed by atoms with E-state index in [9.17, 15) is 0 Å². The van der Waals surface area contributed by atoms with Crippen LogP contribution in [0.25, 0.3) is 0 Å². The van der Waals surface area contributed by atoms with Gasteiger partial charge in [0.25, 0.3) is 0 Å². The van der Waals surface area contributed by atoms with Crippen molar-refractivity contribution in [3.05, 3.63) is 0 Å². The summed E-state index contributed by atoms with van der Waals surface area (Å²) in [5.74, 6) is 0. The predicted octanol–water partition coefficient (Wildman–Crippen LogP) is 1.42. The van der Waals surface area contributed by atoms with E-state index in [1.165, 1.54) is 26.2 Å². The van der Waals surface area contributed by atoms with Gasteiger partial charge in [0, 0.05) is 58.0 Å². The smallest absolute Gasteiger partial charge is 0.0477 e. The van der Waals surface area contributed by atoms with Gasteiger partial charge < -0.3 is 10.1 Å². The summed E-state index contributed by atoms with van der Waals surface area (Å²) >= 11 is 0. The van der Waals surface area contributed by atoms with Crippen molar-refractivity contribution in [1.82, 2.24) is 15.1 Å². The quantitative estimate of drug-likeness (QED) is 0.642. The highest BCUT2D eigenvalue weighted by atomic mass is 16.5. The summed E-state index contributed by atoms with van der Waals surface area (Å²) in [4.78, 5) is 5.17. The zero-order valence-corrected chi connectivity index (χ0v) is 13.3. The Bertz CT molecular complexity index is 215. The zero-order chi connectivity index (χ0) is 14.1. The molecule has 0 aromatic rings. The van der Waals surface area contributed by atoms with Crippen LogP contribution in [-0.4, -0.2) is 74.4 Å². The molecular formula is C15H33N3O. The molecule has 1 fully saturated rings. The molecular weight excluding hydrogens is 238 g/mol. The zero-order valence-electron chi connectivity index (χ0n) is 13.3. The molecule has 0 amide bonds. The fourth-order valence-corrected chi connectivity index (χ4v) is 2.58. The first kappa shape index (κ1) is 16.9. The molecule has 1 aliphatic rings. The number of ether oxygens (including phenoxy) is 1. The van der Waals surface area contributed by atoms with E-state index < -0.39 is 0 Å². The van der Waals surface area contributed by atoms with Gasteiger partial charge in [0.15, 0.2) is 0 Å². The minimum atomic E-state index is 0.640. The number of hydrogen-bond acceptors (Lipinski definition) is 4. The van der Waals surface area contributed by atoms with Crippen LogP contribution in [0.2, 0.25) is 0 Å². The first-order chi connectivity index (χ1) is 9.15. The fraction of sp³-hybridized carbons (Fsp3) is 1.00. The van der Waals surface area contributed by atoms with E-state index in [4.69, 9.17) is 4.74 Å². The van der Waals surface area contributed by atoms with E-state index in [-0.39, 0.29) is 0 Å². The van der Waals surface area contributed by atoms with Crippen molar-refractivity contribution in [2.24, 2.45) is 0 Å². The van der Waals surface area contributed by atoms with Gasteiger partial charge in [0.2, 0.25) is 0 Å². The summed E-state index contributed by atoms with van der Waals surface area (Å²) in [7, 11) is 0. The Morgan fingerprint density at radius 3 is 2.26 bits per heavy atom. The number of nitrogens with one attached hydrogen (secondary N) is 1. The number of hydrogen-bond donors (Lipinski definition) is 1. The number of rotatable bonds is 9. The average molecular weight is 271 g/mol. The molecule has 114 valence electrons. The van der Waals surface area contributed by atoms with E-state index in [0.29, 0.717) is 12.1 Å². The van der Waals surface area contributed by atoms with E-state index >= 15 is 0 Å². The van der Waals surface area contributed by atoms with Crippen molar-refractivity contribution in [3.63, 3.8) is 0 Å². The molecule has 19 heavy (non-hydrogen) atoms. The summed E-state index contributed by atoms with van der Waals surface area (Å²) < 4.78 is 5.34. The molecule has 1 aliphatic heterocycles. The highest BCUT2D eigenvalue weighted by Crippen LogP contribution is 2.08. The third-order valence-electron chi connectivity index (χ3n) is 3.99. The summed E-state index contributed by atoms with van der Waals surface area (Å²) in [5.41, 5.74) is 0. The molecule has 1 heterocycles. The molecule has 1 saturated heterocycles. The fourth-order valence-electron chi connectivity index (χ4n) is 2.58. The minimum absolute atomic E-state index is 0.640. The van der Waals surface area contributed by atoms with Crippen LogP contribution in [0.5, 0.6) is 0 Å². The first-order valence-corrected chi connectivity index (χ1v) is 7.91. The van der Waals surface area contributed by atoms with Crippen LogP contribution in [0.4, 0.5) is 0 Å². The Balaban J connectivity index is 2.05. The summed E-state index contributed by atoms with van der Waals surface area (Å²) in [6.45, 7) is 17.7. The molecule has 0 saturated carbocycles. The van der Waals surface area contributed by atoms with Gasteiger partial charge in [0.1, 0.15) is 0 Å². The van der Waals surface area contributed by atoms with E-state index in [2.05, 4.69) is 35.9 Å². The topological polar surface area (TPSA) is 27.7 Å². The lowest BCUT2D eigenvalue weighted by Crippen LogP contribution is -2.53. The van der Waals surface area contributed by atoms with Gasteiger partial charge in [-0.1, -0.05) is 0 Å². The first-order valence-electron chi connectivity index (χ1n) is 7.91. The third-order valence-corrected chi connectivity index (χ3v) is 3.99. The number of piperazine rings is 1. The van der Waals surface area contributed by atoms with Gasteiger partial charge in [0.05, 0.1) is 0 Å². The highest BCUT2D eigenvalue weighted by molar-refractivity contribution is 4.78. The molecule has 0 spiro atoms. The Labute approximate surface area is 119 Å². The maximum Gasteiger partial charge on any atom is 0.0477 e. The molecule has 0 aromatic heterocycles. The van der Waals surface area contributed by atoms with E-state index in [0.717, 1.165) is 32.7 Å². The van der Waals surface area contributed by atoms with Crippen molar-refractivity contribution in [3.8, 4) is 0 Å². The van der Waals surface area contributed by atoms with Gasteiger partial charge in [-0.15, -0.1) is 0 Å². The lowest BCUT2D eigenvalue weighted by atomic mass is 10.2. The SMILES string of the molecule is CCOCCCNCC(C)N1CCN(C(C)C)CC1. The molecule has 1 N–H and O–H groups in total. The van der Waals surface area contributed by atoms with Crippen LogP contribution in [0, 0.1) is 0 Å². The second-order valence-corrected chi connectivity index (χ2v) is 5.77. The second kappa shape index (κ2) is 9.70. The van der Waals surface area contributed by atoms with Gasteiger partial charge >= 0.3 is 0 Å². The van der Waals surface area contributed by atoms with E-state index in [1.54, 1.807) is 0 Å². The van der Waals surface area contributed by atoms with Crippen LogP contribution in [0.15, 0.2) is 0 Å². The largest absolute Gasteiger partial charge is 0.382 e. The van der Waals surface area contributed by atoms with Gasteiger partial charge in [-0.2, -0.15) is 0 Å². The van der Waals surface area contributed by atoms with Gasteiger partial charge in [-0.25, -0.2) is 0 Å². The van der Waals surface area contributed by atoms with Crippen LogP contribution in [0.1, 0.15) is 34.1 Å². The van der Waals surface area contributed by atoms with Crippen LogP contribution in [-0.2, 0) is 4.74 Å². The van der Waals surface area contributed by atoms with Crippen LogP contribution >= 0.6 is 0 Å². The summed E-state index contributed by atoms with van der Waals surface area (Å²) in [6, 6.07) is 1.33. The van der Waals surface area contributed by atoms with Crippen molar-refractivity contribution >= 4 is 0 Å². The van der Waals surface area contributed by atoms with Crippen molar-refractivity contribution in [2.75, 3.05) is 52.5 Å². The maximum atomic E-state index is 5.34. The molecule has 4 heteroatoms. The van der Waals surface area contributed by atoms with Gasteiger partial charge in [-0.3, -0.25) is 9.80 Å².